The molecule has 4 aromatic rings. The first kappa shape index (κ1) is 22.0. The fourth-order valence-electron chi connectivity index (χ4n) is 4.27. The van der Waals surface area contributed by atoms with Gasteiger partial charge in [0.1, 0.15) is 11.6 Å². The van der Waals surface area contributed by atoms with E-state index in [1.54, 1.807) is 12.1 Å². The van der Waals surface area contributed by atoms with Crippen LogP contribution in [-0.4, -0.2) is 40.4 Å². The molecule has 1 aliphatic heterocycles. The highest BCUT2D eigenvalue weighted by atomic mass is 19.1. The molecule has 0 spiro atoms. The summed E-state index contributed by atoms with van der Waals surface area (Å²) >= 11 is 0. The number of amides is 1. The van der Waals surface area contributed by atoms with Crippen LogP contribution in [0.3, 0.4) is 0 Å². The predicted octanol–water partition coefficient (Wildman–Crippen LogP) is 4.69. The Morgan fingerprint density at radius 3 is 2.56 bits per heavy atom. The van der Waals surface area contributed by atoms with Crippen molar-refractivity contribution in [3.05, 3.63) is 95.6 Å². The molecule has 2 heterocycles. The summed E-state index contributed by atoms with van der Waals surface area (Å²) in [6.45, 7) is 3.46. The summed E-state index contributed by atoms with van der Waals surface area (Å²) in [5.74, 6) is -0.00613. The first-order valence-corrected chi connectivity index (χ1v) is 11.5. The van der Waals surface area contributed by atoms with Crippen molar-refractivity contribution in [2.24, 2.45) is 0 Å². The van der Waals surface area contributed by atoms with Crippen molar-refractivity contribution in [3.63, 3.8) is 0 Å². The molecule has 0 unspecified atom stereocenters. The normalized spacial score (nSPS) is 13.4. The number of hydrogen-bond acceptors (Lipinski definition) is 5. The standard InChI is InChI=1S/C27H26FN5O/c28-21-10-12-22(13-11-21)30-25-23-8-3-4-9-24(23)31-26(32-25)27(34)29-15-5-16-33-17-14-19-6-1-2-7-20(19)18-33/h1-4,6-13H,5,14-18H2,(H,29,34)(H,30,31,32). The van der Waals surface area contributed by atoms with Crippen LogP contribution < -0.4 is 10.6 Å². The number of benzene rings is 3. The Hall–Kier alpha value is -3.84. The summed E-state index contributed by atoms with van der Waals surface area (Å²) in [6.07, 6.45) is 1.92. The molecule has 1 aromatic heterocycles. The lowest BCUT2D eigenvalue weighted by atomic mass is 10.00. The van der Waals surface area contributed by atoms with Gasteiger partial charge in [-0.05, 0) is 60.4 Å². The fourth-order valence-corrected chi connectivity index (χ4v) is 4.27. The molecule has 7 heteroatoms. The minimum atomic E-state index is -0.313. The quantitative estimate of drug-likeness (QED) is 0.396. The molecule has 3 aromatic carbocycles. The largest absolute Gasteiger partial charge is 0.349 e. The lowest BCUT2D eigenvalue weighted by Crippen LogP contribution is -2.34. The number of carbonyl (C=O) groups excluding carboxylic acids is 1. The summed E-state index contributed by atoms with van der Waals surface area (Å²) in [5, 5.41) is 6.92. The van der Waals surface area contributed by atoms with Crippen LogP contribution in [0, 0.1) is 5.82 Å². The van der Waals surface area contributed by atoms with E-state index in [1.807, 2.05) is 24.3 Å². The monoisotopic (exact) mass is 455 g/mol. The van der Waals surface area contributed by atoms with Crippen molar-refractivity contribution < 1.29 is 9.18 Å². The minimum Gasteiger partial charge on any atom is -0.349 e. The molecular weight excluding hydrogens is 429 g/mol. The van der Waals surface area contributed by atoms with Crippen LogP contribution in [0.1, 0.15) is 28.2 Å². The van der Waals surface area contributed by atoms with Gasteiger partial charge in [0.05, 0.1) is 5.52 Å². The molecule has 6 nitrogen and oxygen atoms in total. The zero-order valence-electron chi connectivity index (χ0n) is 18.8. The van der Waals surface area contributed by atoms with Crippen LogP contribution >= 0.6 is 0 Å². The molecule has 0 atom stereocenters. The Morgan fingerprint density at radius 2 is 1.71 bits per heavy atom. The van der Waals surface area contributed by atoms with Crippen LogP contribution in [0.4, 0.5) is 15.9 Å². The van der Waals surface area contributed by atoms with E-state index < -0.39 is 0 Å². The molecule has 0 aliphatic carbocycles. The third-order valence-electron chi connectivity index (χ3n) is 6.06. The van der Waals surface area contributed by atoms with E-state index in [0.29, 0.717) is 23.6 Å². The van der Waals surface area contributed by atoms with Crippen molar-refractivity contribution in [2.45, 2.75) is 19.4 Å². The van der Waals surface area contributed by atoms with Gasteiger partial charge in [-0.15, -0.1) is 0 Å². The number of carbonyl (C=O) groups is 1. The number of fused-ring (bicyclic) bond motifs is 2. The average Bonchev–Trinajstić information content (AvgIpc) is 2.87. The van der Waals surface area contributed by atoms with E-state index in [-0.39, 0.29) is 17.5 Å². The molecule has 0 bridgehead atoms. The van der Waals surface area contributed by atoms with E-state index in [2.05, 4.69) is 49.8 Å². The van der Waals surface area contributed by atoms with Gasteiger partial charge in [0, 0.05) is 37.3 Å². The second kappa shape index (κ2) is 9.97. The van der Waals surface area contributed by atoms with Gasteiger partial charge in [-0.3, -0.25) is 9.69 Å². The Bertz CT molecular complexity index is 1310. The van der Waals surface area contributed by atoms with Crippen LogP contribution in [0.25, 0.3) is 10.9 Å². The average molecular weight is 456 g/mol. The molecule has 2 N–H and O–H groups in total. The van der Waals surface area contributed by atoms with Gasteiger partial charge in [0.2, 0.25) is 5.82 Å². The molecule has 5 rings (SSSR count). The zero-order valence-corrected chi connectivity index (χ0v) is 18.8. The lowest BCUT2D eigenvalue weighted by molar-refractivity contribution is 0.0941. The maximum absolute atomic E-state index is 13.3. The summed E-state index contributed by atoms with van der Waals surface area (Å²) in [7, 11) is 0. The fraction of sp³-hybridized carbons (Fsp3) is 0.222. The van der Waals surface area contributed by atoms with Crippen molar-refractivity contribution in [1.29, 1.82) is 0 Å². The van der Waals surface area contributed by atoms with Gasteiger partial charge in [-0.1, -0.05) is 36.4 Å². The second-order valence-corrected chi connectivity index (χ2v) is 8.45. The van der Waals surface area contributed by atoms with E-state index in [9.17, 15) is 9.18 Å². The van der Waals surface area contributed by atoms with Crippen LogP contribution in [0.15, 0.2) is 72.8 Å². The topological polar surface area (TPSA) is 70.2 Å². The Labute approximate surface area is 197 Å². The van der Waals surface area contributed by atoms with Crippen molar-refractivity contribution in [2.75, 3.05) is 25.0 Å². The SMILES string of the molecule is O=C(NCCCN1CCc2ccccc2C1)c1nc(Nc2ccc(F)cc2)c2ccccc2n1. The lowest BCUT2D eigenvalue weighted by Gasteiger charge is -2.28. The van der Waals surface area contributed by atoms with Crippen molar-refractivity contribution in [1.82, 2.24) is 20.2 Å². The van der Waals surface area contributed by atoms with Gasteiger partial charge in [-0.25, -0.2) is 14.4 Å². The summed E-state index contributed by atoms with van der Waals surface area (Å²) in [6, 6.07) is 22.1. The predicted molar refractivity (Wildman–Crippen MR) is 132 cm³/mol. The molecule has 1 aliphatic rings. The molecule has 172 valence electrons. The molecule has 0 saturated heterocycles. The van der Waals surface area contributed by atoms with Gasteiger partial charge in [0.25, 0.3) is 5.91 Å². The highest BCUT2D eigenvalue weighted by Crippen LogP contribution is 2.24. The number of nitrogens with zero attached hydrogens (tertiary/aromatic N) is 3. The maximum Gasteiger partial charge on any atom is 0.289 e. The summed E-state index contributed by atoms with van der Waals surface area (Å²) < 4.78 is 13.3. The van der Waals surface area contributed by atoms with E-state index in [0.717, 1.165) is 37.9 Å². The Balaban J connectivity index is 1.22. The number of halogens is 1. The van der Waals surface area contributed by atoms with Crippen LogP contribution in [0.5, 0.6) is 0 Å². The molecule has 0 fully saturated rings. The first-order valence-electron chi connectivity index (χ1n) is 11.5. The number of nitrogens with one attached hydrogen (secondary N) is 2. The third kappa shape index (κ3) is 5.05. The van der Waals surface area contributed by atoms with E-state index >= 15 is 0 Å². The summed E-state index contributed by atoms with van der Waals surface area (Å²) in [5.41, 5.74) is 4.17. The van der Waals surface area contributed by atoms with E-state index in [4.69, 9.17) is 0 Å². The van der Waals surface area contributed by atoms with Gasteiger partial charge < -0.3 is 10.6 Å². The number of aromatic nitrogens is 2. The Kier molecular flexibility index (Phi) is 6.44. The highest BCUT2D eigenvalue weighted by molar-refractivity contribution is 5.97. The Morgan fingerprint density at radius 1 is 0.941 bits per heavy atom. The van der Waals surface area contributed by atoms with Crippen LogP contribution in [0.2, 0.25) is 0 Å². The first-order chi connectivity index (χ1) is 16.7. The minimum absolute atomic E-state index is 0.107. The number of hydrogen-bond donors (Lipinski definition) is 2. The van der Waals surface area contributed by atoms with Crippen LogP contribution in [-0.2, 0) is 13.0 Å². The third-order valence-corrected chi connectivity index (χ3v) is 6.06. The molecule has 1 amide bonds. The maximum atomic E-state index is 13.3. The highest BCUT2D eigenvalue weighted by Gasteiger charge is 2.16. The molecule has 0 saturated carbocycles. The van der Waals surface area contributed by atoms with E-state index in [1.165, 1.54) is 23.3 Å². The van der Waals surface area contributed by atoms with Gasteiger partial charge in [0.15, 0.2) is 0 Å². The number of anilines is 2. The smallest absolute Gasteiger partial charge is 0.289 e. The molecule has 0 radical (unpaired) electrons. The summed E-state index contributed by atoms with van der Waals surface area (Å²) in [4.78, 5) is 24.2. The molecular formula is C27H26FN5O. The zero-order chi connectivity index (χ0) is 23.3. The number of rotatable bonds is 7. The van der Waals surface area contributed by atoms with Crippen molar-refractivity contribution >= 4 is 28.3 Å². The van der Waals surface area contributed by atoms with Crippen molar-refractivity contribution in [3.8, 4) is 0 Å². The van der Waals surface area contributed by atoms with Gasteiger partial charge >= 0.3 is 0 Å². The molecule has 34 heavy (non-hydrogen) atoms. The number of para-hydroxylation sites is 1. The second-order valence-electron chi connectivity index (χ2n) is 8.45. The van der Waals surface area contributed by atoms with Gasteiger partial charge in [-0.2, -0.15) is 0 Å².